The minimum Gasteiger partial charge on any atom is -0.493 e. The molecule has 0 saturated carbocycles. The van der Waals surface area contributed by atoms with E-state index in [0.29, 0.717) is 29.5 Å². The van der Waals surface area contributed by atoms with Crippen LogP contribution in [-0.2, 0) is 14.8 Å². The number of rotatable bonds is 6. The molecule has 0 atom stereocenters. The number of benzene rings is 1. The Bertz CT molecular complexity index is 962. The minimum absolute atomic E-state index is 0.158. The van der Waals surface area contributed by atoms with Gasteiger partial charge in [-0.2, -0.15) is 0 Å². The van der Waals surface area contributed by atoms with Gasteiger partial charge in [0.1, 0.15) is 5.75 Å². The first-order chi connectivity index (χ1) is 12.8. The van der Waals surface area contributed by atoms with Gasteiger partial charge in [-0.15, -0.1) is 0 Å². The Morgan fingerprint density at radius 3 is 2.67 bits per heavy atom. The lowest BCUT2D eigenvalue weighted by molar-refractivity contribution is 0.0498. The lowest BCUT2D eigenvalue weighted by Crippen LogP contribution is -2.21. The summed E-state index contributed by atoms with van der Waals surface area (Å²) < 4.78 is 37.0. The van der Waals surface area contributed by atoms with Crippen molar-refractivity contribution in [3.8, 4) is 16.9 Å². The molecule has 0 spiro atoms. The van der Waals surface area contributed by atoms with E-state index in [1.54, 1.807) is 37.4 Å². The van der Waals surface area contributed by atoms with Crippen molar-refractivity contribution in [3.05, 3.63) is 46.4 Å². The third-order valence-corrected chi connectivity index (χ3v) is 5.10. The van der Waals surface area contributed by atoms with Gasteiger partial charge in [0.05, 0.1) is 12.9 Å². The van der Waals surface area contributed by atoms with Crippen molar-refractivity contribution >= 4 is 15.7 Å². The molecule has 2 N–H and O–H groups in total. The van der Waals surface area contributed by atoms with Crippen molar-refractivity contribution in [1.29, 1.82) is 0 Å². The highest BCUT2D eigenvalue weighted by molar-refractivity contribution is 7.92. The standard InChI is InChI=1S/C19H24N2O5S/c1-13-9-15(11-20-19(13)22)17-10-16(21-27(2,23)24)3-4-18(17)26-12-14-5-7-25-8-6-14/h3-4,9-11,14,21H,5-8,12H2,1-2H3,(H,20,22). The number of aromatic amines is 1. The first-order valence-corrected chi connectivity index (χ1v) is 10.7. The molecule has 1 saturated heterocycles. The Balaban J connectivity index is 1.92. The summed E-state index contributed by atoms with van der Waals surface area (Å²) >= 11 is 0. The van der Waals surface area contributed by atoms with Crippen molar-refractivity contribution in [2.75, 3.05) is 30.8 Å². The topological polar surface area (TPSA) is 97.5 Å². The molecule has 0 radical (unpaired) electrons. The molecule has 1 fully saturated rings. The molecule has 0 amide bonds. The van der Waals surface area contributed by atoms with Crippen molar-refractivity contribution in [3.63, 3.8) is 0 Å². The molecule has 27 heavy (non-hydrogen) atoms. The number of hydrogen-bond donors (Lipinski definition) is 2. The van der Waals surface area contributed by atoms with Gasteiger partial charge in [-0.3, -0.25) is 9.52 Å². The van der Waals surface area contributed by atoms with Gasteiger partial charge in [0, 0.05) is 41.8 Å². The van der Waals surface area contributed by atoms with E-state index in [0.717, 1.165) is 43.4 Å². The number of nitrogens with one attached hydrogen (secondary N) is 2. The zero-order valence-corrected chi connectivity index (χ0v) is 16.3. The van der Waals surface area contributed by atoms with Crippen LogP contribution in [0.5, 0.6) is 5.75 Å². The lowest BCUT2D eigenvalue weighted by Gasteiger charge is -2.23. The molecule has 3 rings (SSSR count). The smallest absolute Gasteiger partial charge is 0.250 e. The largest absolute Gasteiger partial charge is 0.493 e. The van der Waals surface area contributed by atoms with E-state index < -0.39 is 10.0 Å². The molecule has 7 nitrogen and oxygen atoms in total. The fourth-order valence-corrected chi connectivity index (χ4v) is 3.59. The number of sulfonamides is 1. The third kappa shape index (κ3) is 5.33. The predicted molar refractivity (Wildman–Crippen MR) is 105 cm³/mol. The Morgan fingerprint density at radius 1 is 1.26 bits per heavy atom. The summed E-state index contributed by atoms with van der Waals surface area (Å²) in [4.78, 5) is 14.4. The number of H-pyrrole nitrogens is 1. The third-order valence-electron chi connectivity index (χ3n) is 4.50. The molecule has 1 aromatic carbocycles. The zero-order chi connectivity index (χ0) is 19.4. The van der Waals surface area contributed by atoms with Gasteiger partial charge in [-0.05, 0) is 49.9 Å². The number of pyridine rings is 1. The maximum Gasteiger partial charge on any atom is 0.250 e. The number of aryl methyl sites for hydroxylation is 1. The summed E-state index contributed by atoms with van der Waals surface area (Å²) in [6.07, 6.45) is 4.63. The van der Waals surface area contributed by atoms with Crippen LogP contribution >= 0.6 is 0 Å². The van der Waals surface area contributed by atoms with Crippen LogP contribution in [0.2, 0.25) is 0 Å². The molecule has 2 heterocycles. The molecule has 1 aliphatic heterocycles. The summed E-state index contributed by atoms with van der Waals surface area (Å²) in [5.74, 6) is 1.07. The Morgan fingerprint density at radius 2 is 2.00 bits per heavy atom. The van der Waals surface area contributed by atoms with Gasteiger partial charge in [0.15, 0.2) is 0 Å². The monoisotopic (exact) mass is 392 g/mol. The number of ether oxygens (including phenoxy) is 2. The van der Waals surface area contributed by atoms with Crippen LogP contribution in [0.3, 0.4) is 0 Å². The van der Waals surface area contributed by atoms with Crippen LogP contribution in [0, 0.1) is 12.8 Å². The van der Waals surface area contributed by atoms with E-state index in [4.69, 9.17) is 9.47 Å². The van der Waals surface area contributed by atoms with Gasteiger partial charge in [-0.1, -0.05) is 0 Å². The fourth-order valence-electron chi connectivity index (χ4n) is 3.03. The normalized spacial score (nSPS) is 15.5. The first-order valence-electron chi connectivity index (χ1n) is 8.84. The van der Waals surface area contributed by atoms with Gasteiger partial charge in [-0.25, -0.2) is 8.42 Å². The summed E-state index contributed by atoms with van der Waals surface area (Å²) in [6.45, 7) is 3.79. The summed E-state index contributed by atoms with van der Waals surface area (Å²) in [5, 5.41) is 0. The van der Waals surface area contributed by atoms with E-state index in [9.17, 15) is 13.2 Å². The highest BCUT2D eigenvalue weighted by atomic mass is 32.2. The average molecular weight is 392 g/mol. The SMILES string of the molecule is Cc1cc(-c2cc(NS(C)(=O)=O)ccc2OCC2CCOCC2)c[nH]c1=O. The average Bonchev–Trinajstić information content (AvgIpc) is 2.62. The maximum atomic E-state index is 11.7. The molecule has 8 heteroatoms. The van der Waals surface area contributed by atoms with E-state index in [2.05, 4.69) is 9.71 Å². The second-order valence-electron chi connectivity index (χ2n) is 6.85. The Kier molecular flexibility index (Phi) is 5.86. The Labute approximate surface area is 158 Å². The van der Waals surface area contributed by atoms with Crippen LogP contribution < -0.4 is 15.0 Å². The van der Waals surface area contributed by atoms with Crippen molar-refractivity contribution in [2.45, 2.75) is 19.8 Å². The molecule has 1 aromatic heterocycles. The molecule has 0 aliphatic carbocycles. The highest BCUT2D eigenvalue weighted by Crippen LogP contribution is 2.33. The predicted octanol–water partition coefficient (Wildman–Crippen LogP) is 2.53. The highest BCUT2D eigenvalue weighted by Gasteiger charge is 2.17. The Hall–Kier alpha value is -2.32. The van der Waals surface area contributed by atoms with Crippen LogP contribution in [0.15, 0.2) is 35.3 Å². The van der Waals surface area contributed by atoms with Crippen molar-refractivity contribution in [1.82, 2.24) is 4.98 Å². The maximum absolute atomic E-state index is 11.7. The number of aromatic nitrogens is 1. The second kappa shape index (κ2) is 8.14. The van der Waals surface area contributed by atoms with E-state index in [-0.39, 0.29) is 5.56 Å². The van der Waals surface area contributed by atoms with Gasteiger partial charge >= 0.3 is 0 Å². The molecule has 1 aliphatic rings. The van der Waals surface area contributed by atoms with Crippen LogP contribution in [0.25, 0.3) is 11.1 Å². The van der Waals surface area contributed by atoms with Gasteiger partial charge in [0.25, 0.3) is 5.56 Å². The minimum atomic E-state index is -3.40. The molecular formula is C19H24N2O5S. The molecular weight excluding hydrogens is 368 g/mol. The zero-order valence-electron chi connectivity index (χ0n) is 15.4. The van der Waals surface area contributed by atoms with Gasteiger partial charge < -0.3 is 14.5 Å². The van der Waals surface area contributed by atoms with Gasteiger partial charge in [0.2, 0.25) is 10.0 Å². The lowest BCUT2D eigenvalue weighted by atomic mass is 10.0. The van der Waals surface area contributed by atoms with E-state index >= 15 is 0 Å². The van der Waals surface area contributed by atoms with Crippen molar-refractivity contribution < 1.29 is 17.9 Å². The fraction of sp³-hybridized carbons (Fsp3) is 0.421. The summed E-state index contributed by atoms with van der Waals surface area (Å²) in [7, 11) is -3.40. The van der Waals surface area contributed by atoms with E-state index in [1.165, 1.54) is 0 Å². The molecule has 146 valence electrons. The summed E-state index contributed by atoms with van der Waals surface area (Å²) in [6, 6.07) is 6.90. The van der Waals surface area contributed by atoms with Crippen LogP contribution in [-0.4, -0.2) is 39.5 Å². The van der Waals surface area contributed by atoms with Crippen molar-refractivity contribution in [2.24, 2.45) is 5.92 Å². The van der Waals surface area contributed by atoms with Crippen LogP contribution in [0.4, 0.5) is 5.69 Å². The molecule has 2 aromatic rings. The van der Waals surface area contributed by atoms with Crippen LogP contribution in [0.1, 0.15) is 18.4 Å². The quantitative estimate of drug-likeness (QED) is 0.787. The first kappa shape index (κ1) is 19.4. The molecule has 0 bridgehead atoms. The number of hydrogen-bond acceptors (Lipinski definition) is 5. The summed E-state index contributed by atoms with van der Waals surface area (Å²) in [5.41, 5.74) is 2.33. The second-order valence-corrected chi connectivity index (χ2v) is 8.60. The number of anilines is 1. The van der Waals surface area contributed by atoms with E-state index in [1.807, 2.05) is 0 Å². The molecule has 0 unspecified atom stereocenters.